The lowest BCUT2D eigenvalue weighted by Crippen LogP contribution is -2.20. The number of hydrogen-bond acceptors (Lipinski definition) is 5. The minimum absolute atomic E-state index is 0.0990. The van der Waals surface area contributed by atoms with E-state index in [1.807, 2.05) is 5.38 Å². The molecule has 0 fully saturated rings. The molecule has 0 aromatic carbocycles. The summed E-state index contributed by atoms with van der Waals surface area (Å²) in [5.74, 6) is 0. The van der Waals surface area contributed by atoms with E-state index in [9.17, 15) is 13.2 Å². The van der Waals surface area contributed by atoms with Gasteiger partial charge in [-0.15, -0.1) is 5.10 Å². The zero-order valence-electron chi connectivity index (χ0n) is 8.46. The fraction of sp³-hybridized carbons (Fsp3) is 0.750. The van der Waals surface area contributed by atoms with E-state index in [0.29, 0.717) is 19.5 Å². The minimum Gasteiger partial charge on any atom is -0.372 e. The van der Waals surface area contributed by atoms with E-state index < -0.39 is 12.8 Å². The van der Waals surface area contributed by atoms with Crippen molar-refractivity contribution in [3.8, 4) is 0 Å². The summed E-state index contributed by atoms with van der Waals surface area (Å²) in [7, 11) is 0. The van der Waals surface area contributed by atoms with E-state index in [1.54, 1.807) is 0 Å². The molecule has 92 valence electrons. The van der Waals surface area contributed by atoms with Crippen LogP contribution in [-0.4, -0.2) is 35.5 Å². The van der Waals surface area contributed by atoms with Gasteiger partial charge in [0.25, 0.3) is 0 Å². The molecule has 0 bridgehead atoms. The molecule has 4 nitrogen and oxygen atoms in total. The largest absolute Gasteiger partial charge is 0.411 e. The molecule has 0 radical (unpaired) electrons. The van der Waals surface area contributed by atoms with E-state index >= 15 is 0 Å². The van der Waals surface area contributed by atoms with Crippen molar-refractivity contribution in [3.63, 3.8) is 0 Å². The Labute approximate surface area is 95.0 Å². The summed E-state index contributed by atoms with van der Waals surface area (Å²) in [6, 6.07) is 0. The Hall–Kier alpha value is -0.730. The molecule has 8 heteroatoms. The van der Waals surface area contributed by atoms with Gasteiger partial charge in [0.05, 0.1) is 5.69 Å². The first-order chi connectivity index (χ1) is 7.58. The normalized spacial score (nSPS) is 11.9. The molecular formula is C8H12F3N3OS. The predicted octanol–water partition coefficient (Wildman–Crippen LogP) is 1.60. The number of aromatic nitrogens is 2. The molecule has 0 unspecified atom stereocenters. The quantitative estimate of drug-likeness (QED) is 0.752. The van der Waals surface area contributed by atoms with Gasteiger partial charge in [-0.05, 0) is 24.5 Å². The van der Waals surface area contributed by atoms with Crippen molar-refractivity contribution in [3.05, 3.63) is 11.1 Å². The van der Waals surface area contributed by atoms with Crippen LogP contribution in [0.5, 0.6) is 0 Å². The van der Waals surface area contributed by atoms with Crippen molar-refractivity contribution in [1.82, 2.24) is 14.9 Å². The maximum atomic E-state index is 11.7. The van der Waals surface area contributed by atoms with Crippen molar-refractivity contribution in [1.29, 1.82) is 0 Å². The zero-order chi connectivity index (χ0) is 11.9. The zero-order valence-corrected chi connectivity index (χ0v) is 9.27. The van der Waals surface area contributed by atoms with Crippen molar-refractivity contribution in [2.75, 3.05) is 19.8 Å². The second-order valence-electron chi connectivity index (χ2n) is 3.09. The number of halogens is 3. The van der Waals surface area contributed by atoms with Gasteiger partial charge >= 0.3 is 6.18 Å². The van der Waals surface area contributed by atoms with Crippen molar-refractivity contribution in [2.24, 2.45) is 0 Å². The van der Waals surface area contributed by atoms with Gasteiger partial charge < -0.3 is 10.1 Å². The Morgan fingerprint density at radius 1 is 1.44 bits per heavy atom. The van der Waals surface area contributed by atoms with E-state index in [1.165, 1.54) is 11.5 Å². The van der Waals surface area contributed by atoms with Crippen LogP contribution >= 0.6 is 11.5 Å². The molecule has 0 saturated carbocycles. The summed E-state index contributed by atoms with van der Waals surface area (Å²) < 4.78 is 43.1. The van der Waals surface area contributed by atoms with Crippen LogP contribution in [-0.2, 0) is 11.3 Å². The van der Waals surface area contributed by atoms with Gasteiger partial charge in [0.2, 0.25) is 0 Å². The standard InChI is InChI=1S/C8H12F3N3OS/c9-8(10,11)6-15-3-1-2-12-4-7-5-16-14-13-7/h5,12H,1-4,6H2. The van der Waals surface area contributed by atoms with Crippen LogP contribution in [0.25, 0.3) is 0 Å². The molecule has 1 aromatic heterocycles. The molecule has 0 aliphatic rings. The first-order valence-corrected chi connectivity index (χ1v) is 5.53. The summed E-state index contributed by atoms with van der Waals surface area (Å²) >= 11 is 1.26. The second-order valence-corrected chi connectivity index (χ2v) is 3.70. The number of rotatable bonds is 7. The van der Waals surface area contributed by atoms with Crippen molar-refractivity contribution in [2.45, 2.75) is 19.1 Å². The molecule has 1 aromatic rings. The van der Waals surface area contributed by atoms with Gasteiger partial charge in [0.1, 0.15) is 6.61 Å². The molecule has 0 atom stereocenters. The third-order valence-electron chi connectivity index (χ3n) is 1.62. The van der Waals surface area contributed by atoms with Gasteiger partial charge in [-0.25, -0.2) is 0 Å². The monoisotopic (exact) mass is 255 g/mol. The Balaban J connectivity index is 1.89. The third kappa shape index (κ3) is 6.70. The van der Waals surface area contributed by atoms with Gasteiger partial charge in [-0.2, -0.15) is 13.2 Å². The lowest BCUT2D eigenvalue weighted by Gasteiger charge is -2.07. The SMILES string of the molecule is FC(F)(F)COCCCNCc1csnn1. The van der Waals surface area contributed by atoms with Gasteiger partial charge in [-0.1, -0.05) is 4.49 Å². The fourth-order valence-corrected chi connectivity index (χ4v) is 1.42. The molecule has 0 amide bonds. The molecule has 0 spiro atoms. The van der Waals surface area contributed by atoms with Crippen LogP contribution in [0.2, 0.25) is 0 Å². The average molecular weight is 255 g/mol. The van der Waals surface area contributed by atoms with Crippen LogP contribution in [0.4, 0.5) is 13.2 Å². The number of nitrogens with zero attached hydrogens (tertiary/aromatic N) is 2. The van der Waals surface area contributed by atoms with Gasteiger partial charge in [0, 0.05) is 18.5 Å². The topological polar surface area (TPSA) is 47.0 Å². The van der Waals surface area contributed by atoms with E-state index in [0.717, 1.165) is 5.69 Å². The van der Waals surface area contributed by atoms with Crippen LogP contribution in [0.1, 0.15) is 12.1 Å². The molecule has 0 aliphatic carbocycles. The second kappa shape index (κ2) is 6.77. The molecule has 1 heterocycles. The maximum Gasteiger partial charge on any atom is 0.411 e. The molecular weight excluding hydrogens is 243 g/mol. The number of nitrogens with one attached hydrogen (secondary N) is 1. The summed E-state index contributed by atoms with van der Waals surface area (Å²) in [4.78, 5) is 0. The highest BCUT2D eigenvalue weighted by Gasteiger charge is 2.27. The smallest absolute Gasteiger partial charge is 0.372 e. The summed E-state index contributed by atoms with van der Waals surface area (Å²) in [6.45, 7) is 0.0932. The molecule has 0 aliphatic heterocycles. The molecule has 16 heavy (non-hydrogen) atoms. The van der Waals surface area contributed by atoms with Crippen molar-refractivity contribution >= 4 is 11.5 Å². The van der Waals surface area contributed by atoms with E-state index in [2.05, 4.69) is 19.6 Å². The van der Waals surface area contributed by atoms with Crippen LogP contribution < -0.4 is 5.32 Å². The maximum absolute atomic E-state index is 11.7. The van der Waals surface area contributed by atoms with Crippen LogP contribution in [0, 0.1) is 0 Å². The molecule has 1 rings (SSSR count). The Kier molecular flexibility index (Phi) is 5.64. The Morgan fingerprint density at radius 2 is 2.25 bits per heavy atom. The highest BCUT2D eigenvalue weighted by molar-refractivity contribution is 7.03. The van der Waals surface area contributed by atoms with Gasteiger partial charge in [0.15, 0.2) is 0 Å². The first kappa shape index (κ1) is 13.3. The lowest BCUT2D eigenvalue weighted by atomic mass is 10.4. The highest BCUT2D eigenvalue weighted by atomic mass is 32.1. The summed E-state index contributed by atoms with van der Waals surface area (Å²) in [6.07, 6.45) is -3.70. The van der Waals surface area contributed by atoms with Crippen molar-refractivity contribution < 1.29 is 17.9 Å². The Bertz CT molecular complexity index is 279. The highest BCUT2D eigenvalue weighted by Crippen LogP contribution is 2.14. The van der Waals surface area contributed by atoms with Crippen LogP contribution in [0.15, 0.2) is 5.38 Å². The average Bonchev–Trinajstić information content (AvgIpc) is 2.67. The van der Waals surface area contributed by atoms with E-state index in [4.69, 9.17) is 0 Å². The predicted molar refractivity (Wildman–Crippen MR) is 53.1 cm³/mol. The Morgan fingerprint density at radius 3 is 2.88 bits per heavy atom. The fourth-order valence-electron chi connectivity index (χ4n) is 0.965. The summed E-state index contributed by atoms with van der Waals surface area (Å²) in [5.41, 5.74) is 0.834. The van der Waals surface area contributed by atoms with E-state index in [-0.39, 0.29) is 6.61 Å². The number of hydrogen-bond donors (Lipinski definition) is 1. The van der Waals surface area contributed by atoms with Gasteiger partial charge in [-0.3, -0.25) is 0 Å². The summed E-state index contributed by atoms with van der Waals surface area (Å²) in [5, 5.41) is 8.65. The lowest BCUT2D eigenvalue weighted by molar-refractivity contribution is -0.173. The molecule has 0 saturated heterocycles. The minimum atomic E-state index is -4.24. The molecule has 1 N–H and O–H groups in total. The number of alkyl halides is 3. The van der Waals surface area contributed by atoms with Crippen LogP contribution in [0.3, 0.4) is 0 Å². The first-order valence-electron chi connectivity index (χ1n) is 4.69. The third-order valence-corrected chi connectivity index (χ3v) is 2.17. The number of ether oxygens (including phenoxy) is 1.